The monoisotopic (exact) mass is 600 g/mol. The zero-order valence-corrected chi connectivity index (χ0v) is 23.7. The number of methoxy groups -OCH3 is 2. The Balaban J connectivity index is 1.67. The van der Waals surface area contributed by atoms with Crippen LogP contribution in [-0.2, 0) is 21.0 Å². The molecule has 1 fully saturated rings. The van der Waals surface area contributed by atoms with Crippen LogP contribution in [0.5, 0.6) is 11.5 Å². The largest absolute Gasteiger partial charge is 0.497 e. The van der Waals surface area contributed by atoms with Gasteiger partial charge < -0.3 is 9.47 Å². The fraction of sp³-hybridized carbons (Fsp3) is 0.346. The number of pyridine rings is 1. The van der Waals surface area contributed by atoms with E-state index >= 15 is 0 Å². The highest BCUT2D eigenvalue weighted by molar-refractivity contribution is 7.89. The van der Waals surface area contributed by atoms with Crippen molar-refractivity contribution >= 4 is 27.4 Å². The van der Waals surface area contributed by atoms with Crippen LogP contribution in [0.1, 0.15) is 23.6 Å². The van der Waals surface area contributed by atoms with Crippen molar-refractivity contribution in [2.75, 3.05) is 39.9 Å². The van der Waals surface area contributed by atoms with Crippen molar-refractivity contribution in [2.45, 2.75) is 29.6 Å². The molecule has 2 atom stereocenters. The quantitative estimate of drug-likeness (QED) is 0.310. The average molecular weight is 601 g/mol. The van der Waals surface area contributed by atoms with Crippen molar-refractivity contribution in [3.05, 3.63) is 76.9 Å². The van der Waals surface area contributed by atoms with Gasteiger partial charge in [0, 0.05) is 20.3 Å². The second-order valence-corrected chi connectivity index (χ2v) is 11.3. The van der Waals surface area contributed by atoms with Gasteiger partial charge in [-0.1, -0.05) is 23.7 Å². The SMILES string of the molecule is COc1ccc([C@@H]2C[C@@H](CN(N(C)c3ncc(C(F)(F)F)cc3Cl)S(=O)(=O)c3ccc(OC)cc3)ON2C)cc1. The maximum atomic E-state index is 13.9. The Morgan fingerprint density at radius 3 is 2.17 bits per heavy atom. The molecule has 1 aliphatic heterocycles. The van der Waals surface area contributed by atoms with E-state index in [-0.39, 0.29) is 28.3 Å². The number of benzene rings is 2. The molecule has 40 heavy (non-hydrogen) atoms. The maximum Gasteiger partial charge on any atom is 0.417 e. The number of sulfonamides is 1. The number of rotatable bonds is 9. The van der Waals surface area contributed by atoms with Crippen molar-refractivity contribution in [1.29, 1.82) is 0 Å². The minimum absolute atomic E-state index is 0.0683. The van der Waals surface area contributed by atoms with E-state index in [1.807, 2.05) is 24.3 Å². The molecule has 0 bridgehead atoms. The summed E-state index contributed by atoms with van der Waals surface area (Å²) in [4.78, 5) is 9.80. The molecule has 2 aromatic carbocycles. The Labute approximate surface area is 235 Å². The highest BCUT2D eigenvalue weighted by Crippen LogP contribution is 2.37. The van der Waals surface area contributed by atoms with Gasteiger partial charge in [0.1, 0.15) is 11.5 Å². The van der Waals surface area contributed by atoms with Crippen molar-refractivity contribution in [3.8, 4) is 11.5 Å². The molecule has 9 nitrogen and oxygen atoms in total. The van der Waals surface area contributed by atoms with Gasteiger partial charge in [0.2, 0.25) is 0 Å². The zero-order chi connectivity index (χ0) is 29.2. The molecule has 216 valence electrons. The first-order chi connectivity index (χ1) is 18.8. The molecule has 0 unspecified atom stereocenters. The third kappa shape index (κ3) is 6.28. The van der Waals surface area contributed by atoms with Crippen LogP contribution in [0.4, 0.5) is 19.0 Å². The van der Waals surface area contributed by atoms with Gasteiger partial charge in [-0.05, 0) is 54.4 Å². The molecule has 14 heteroatoms. The third-order valence-electron chi connectivity index (χ3n) is 6.53. The van der Waals surface area contributed by atoms with E-state index in [1.165, 1.54) is 38.4 Å². The molecule has 0 N–H and O–H groups in total. The summed E-state index contributed by atoms with van der Waals surface area (Å²) in [6.45, 7) is -0.180. The lowest BCUT2D eigenvalue weighted by Gasteiger charge is -2.33. The molecule has 4 rings (SSSR count). The average Bonchev–Trinajstić information content (AvgIpc) is 3.30. The molecule has 0 saturated carbocycles. The predicted molar refractivity (Wildman–Crippen MR) is 143 cm³/mol. The van der Waals surface area contributed by atoms with E-state index in [9.17, 15) is 21.6 Å². The van der Waals surface area contributed by atoms with Crippen LogP contribution in [0.25, 0.3) is 0 Å². The molecule has 0 aliphatic carbocycles. The first-order valence-electron chi connectivity index (χ1n) is 12.0. The first-order valence-corrected chi connectivity index (χ1v) is 13.8. The molecule has 1 saturated heterocycles. The zero-order valence-electron chi connectivity index (χ0n) is 22.1. The fourth-order valence-electron chi connectivity index (χ4n) is 4.38. The molecule has 2 heterocycles. The summed E-state index contributed by atoms with van der Waals surface area (Å²) >= 11 is 6.19. The van der Waals surface area contributed by atoms with Crippen LogP contribution in [0.15, 0.2) is 65.7 Å². The molecule has 1 aliphatic rings. The van der Waals surface area contributed by atoms with Crippen molar-refractivity contribution in [2.24, 2.45) is 0 Å². The Bertz CT molecular complexity index is 1430. The fourth-order valence-corrected chi connectivity index (χ4v) is 6.16. The number of halogens is 4. The standard InChI is InChI=1S/C26H28ClF3N4O5S/c1-32(25-23(27)13-18(15-31-25)26(28,29)30)34(40(35,36)22-11-9-20(38-4)10-12-22)16-21-14-24(33(2)39-21)17-5-7-19(37-3)8-6-17/h5-13,15,21,24H,14,16H2,1-4H3/t21-,24-/m0/s1. The summed E-state index contributed by atoms with van der Waals surface area (Å²) < 4.78 is 78.7. The van der Waals surface area contributed by atoms with Gasteiger partial charge in [-0.25, -0.2) is 13.4 Å². The number of hydrogen-bond acceptors (Lipinski definition) is 8. The number of alkyl halides is 3. The van der Waals surface area contributed by atoms with Crippen LogP contribution in [0.2, 0.25) is 5.02 Å². The van der Waals surface area contributed by atoms with Gasteiger partial charge in [-0.3, -0.25) is 9.85 Å². The van der Waals surface area contributed by atoms with Crippen molar-refractivity contribution in [1.82, 2.24) is 14.5 Å². The van der Waals surface area contributed by atoms with Gasteiger partial charge >= 0.3 is 6.18 Å². The molecule has 0 amide bonds. The van der Waals surface area contributed by atoms with E-state index in [0.717, 1.165) is 15.0 Å². The van der Waals surface area contributed by atoms with Crippen molar-refractivity contribution < 1.29 is 35.9 Å². The first kappa shape index (κ1) is 29.9. The summed E-state index contributed by atoms with van der Waals surface area (Å²) in [5.41, 5.74) is -0.113. The van der Waals surface area contributed by atoms with E-state index < -0.39 is 27.9 Å². The van der Waals surface area contributed by atoms with Gasteiger partial charge in [0.05, 0.1) is 48.4 Å². The maximum absolute atomic E-state index is 13.9. The van der Waals surface area contributed by atoms with E-state index in [1.54, 1.807) is 19.2 Å². The van der Waals surface area contributed by atoms with Gasteiger partial charge in [0.15, 0.2) is 5.82 Å². The van der Waals surface area contributed by atoms with Crippen LogP contribution >= 0.6 is 11.6 Å². The Hall–Kier alpha value is -3.10. The molecule has 0 spiro atoms. The van der Waals surface area contributed by atoms with Crippen LogP contribution < -0.4 is 14.5 Å². The highest BCUT2D eigenvalue weighted by atomic mass is 35.5. The number of nitrogens with zero attached hydrogens (tertiary/aromatic N) is 4. The Kier molecular flexibility index (Phi) is 8.80. The summed E-state index contributed by atoms with van der Waals surface area (Å²) in [5.74, 6) is 0.973. The lowest BCUT2D eigenvalue weighted by atomic mass is 10.0. The topological polar surface area (TPSA) is 84.4 Å². The summed E-state index contributed by atoms with van der Waals surface area (Å²) in [7, 11) is 1.88. The summed E-state index contributed by atoms with van der Waals surface area (Å²) in [5, 5.41) is 2.40. The van der Waals surface area contributed by atoms with Crippen LogP contribution in [0.3, 0.4) is 0 Å². The number of hydroxylamine groups is 2. The minimum Gasteiger partial charge on any atom is -0.497 e. The lowest BCUT2D eigenvalue weighted by Crippen LogP contribution is -2.48. The summed E-state index contributed by atoms with van der Waals surface area (Å²) in [6.07, 6.45) is -4.24. The minimum atomic E-state index is -4.67. The van der Waals surface area contributed by atoms with Gasteiger partial charge in [0.25, 0.3) is 10.0 Å². The highest BCUT2D eigenvalue weighted by Gasteiger charge is 2.39. The number of anilines is 1. The lowest BCUT2D eigenvalue weighted by molar-refractivity contribution is -0.146. The molecular weight excluding hydrogens is 573 g/mol. The summed E-state index contributed by atoms with van der Waals surface area (Å²) in [6, 6.07) is 13.7. The van der Waals surface area contributed by atoms with Gasteiger partial charge in [-0.2, -0.15) is 18.2 Å². The second-order valence-electron chi connectivity index (χ2n) is 9.03. The van der Waals surface area contributed by atoms with Crippen LogP contribution in [-0.4, -0.2) is 63.8 Å². The number of hydrazine groups is 1. The predicted octanol–water partition coefficient (Wildman–Crippen LogP) is 5.19. The van der Waals surface area contributed by atoms with Crippen molar-refractivity contribution in [3.63, 3.8) is 0 Å². The molecular formula is C26H28ClF3N4O5S. The van der Waals surface area contributed by atoms with Gasteiger partial charge in [-0.15, -0.1) is 4.41 Å². The number of aromatic nitrogens is 1. The molecule has 0 radical (unpaired) electrons. The molecule has 3 aromatic rings. The Morgan fingerprint density at radius 2 is 1.65 bits per heavy atom. The van der Waals surface area contributed by atoms with E-state index in [0.29, 0.717) is 30.2 Å². The van der Waals surface area contributed by atoms with E-state index in [4.69, 9.17) is 25.9 Å². The number of ether oxygens (including phenoxy) is 2. The van der Waals surface area contributed by atoms with E-state index in [2.05, 4.69) is 4.98 Å². The molecule has 1 aromatic heterocycles. The normalized spacial score (nSPS) is 18.2. The Morgan fingerprint density at radius 1 is 1.07 bits per heavy atom. The van der Waals surface area contributed by atoms with Crippen LogP contribution in [0, 0.1) is 0 Å². The number of hydrogen-bond donors (Lipinski definition) is 0. The smallest absolute Gasteiger partial charge is 0.417 e. The third-order valence-corrected chi connectivity index (χ3v) is 8.62. The second kappa shape index (κ2) is 11.8.